The van der Waals surface area contributed by atoms with Crippen LogP contribution in [-0.2, 0) is 0 Å². The maximum atomic E-state index is 4.18. The first-order chi connectivity index (χ1) is 9.22. The summed E-state index contributed by atoms with van der Waals surface area (Å²) in [5.74, 6) is 0. The zero-order chi connectivity index (χ0) is 13.7. The fraction of sp³-hybridized carbons (Fsp3) is 0.312. The molecule has 1 N–H and O–H groups in total. The predicted molar refractivity (Wildman–Crippen MR) is 82.4 cm³/mol. The monoisotopic (exact) mass is 272 g/mol. The van der Waals surface area contributed by atoms with E-state index in [1.54, 1.807) is 11.8 Å². The van der Waals surface area contributed by atoms with E-state index in [-0.39, 0.29) is 0 Å². The van der Waals surface area contributed by atoms with Gasteiger partial charge in [-0.2, -0.15) is 0 Å². The van der Waals surface area contributed by atoms with Crippen LogP contribution in [0, 0.1) is 0 Å². The molecule has 0 saturated carbocycles. The highest BCUT2D eigenvalue weighted by Gasteiger charge is 2.13. The van der Waals surface area contributed by atoms with Gasteiger partial charge in [-0.25, -0.2) is 0 Å². The number of thioether (sulfide) groups is 1. The molecule has 0 amide bonds. The zero-order valence-corrected chi connectivity index (χ0v) is 12.4. The molecule has 2 atom stereocenters. The summed E-state index contributed by atoms with van der Waals surface area (Å²) in [6, 6.07) is 13.3. The van der Waals surface area contributed by atoms with E-state index >= 15 is 0 Å². The Bertz CT molecular complexity index is 513. The van der Waals surface area contributed by atoms with Gasteiger partial charge in [0, 0.05) is 29.4 Å². The van der Waals surface area contributed by atoms with E-state index in [2.05, 4.69) is 60.7 Å². The molecule has 2 nitrogen and oxygen atoms in total. The number of nitrogens with zero attached hydrogens (tertiary/aromatic N) is 1. The van der Waals surface area contributed by atoms with Gasteiger partial charge < -0.3 is 5.32 Å². The molecule has 0 spiro atoms. The van der Waals surface area contributed by atoms with Crippen LogP contribution in [0.25, 0.3) is 0 Å². The quantitative estimate of drug-likeness (QED) is 0.825. The smallest absolute Gasteiger partial charge is 0.0315 e. The lowest BCUT2D eigenvalue weighted by atomic mass is 10.1. The Morgan fingerprint density at radius 1 is 1.05 bits per heavy atom. The molecule has 19 heavy (non-hydrogen) atoms. The van der Waals surface area contributed by atoms with Crippen molar-refractivity contribution in [1.29, 1.82) is 0 Å². The highest BCUT2D eigenvalue weighted by Crippen LogP contribution is 2.27. The number of nitrogens with one attached hydrogen (secondary N) is 1. The zero-order valence-electron chi connectivity index (χ0n) is 11.6. The van der Waals surface area contributed by atoms with Gasteiger partial charge >= 0.3 is 0 Å². The predicted octanol–water partition coefficient (Wildman–Crippen LogP) is 4.22. The third-order valence-electron chi connectivity index (χ3n) is 3.29. The summed E-state index contributed by atoms with van der Waals surface area (Å²) >= 11 is 1.79. The fourth-order valence-electron chi connectivity index (χ4n) is 2.22. The van der Waals surface area contributed by atoms with Crippen LogP contribution in [0.4, 0.5) is 0 Å². The second-order valence-electron chi connectivity index (χ2n) is 4.64. The molecule has 1 aromatic carbocycles. The average Bonchev–Trinajstić information content (AvgIpc) is 2.48. The van der Waals surface area contributed by atoms with E-state index in [1.165, 1.54) is 16.0 Å². The summed E-state index contributed by atoms with van der Waals surface area (Å²) in [6.45, 7) is 4.39. The van der Waals surface area contributed by atoms with E-state index in [0.717, 1.165) is 0 Å². The van der Waals surface area contributed by atoms with Gasteiger partial charge in [-0.1, -0.05) is 24.3 Å². The van der Waals surface area contributed by atoms with Crippen LogP contribution in [0.15, 0.2) is 53.7 Å². The highest BCUT2D eigenvalue weighted by atomic mass is 32.2. The molecular weight excluding hydrogens is 252 g/mol. The van der Waals surface area contributed by atoms with Gasteiger partial charge in [0.05, 0.1) is 0 Å². The first-order valence-corrected chi connectivity index (χ1v) is 7.73. The lowest BCUT2D eigenvalue weighted by molar-refractivity contribution is 0.489. The number of benzene rings is 1. The second-order valence-corrected chi connectivity index (χ2v) is 5.49. The number of rotatable bonds is 5. The maximum Gasteiger partial charge on any atom is 0.0315 e. The number of aromatic nitrogens is 1. The summed E-state index contributed by atoms with van der Waals surface area (Å²) in [6.07, 6.45) is 5.85. The fourth-order valence-corrected chi connectivity index (χ4v) is 2.91. The molecule has 1 heterocycles. The van der Waals surface area contributed by atoms with Crippen LogP contribution < -0.4 is 5.32 Å². The van der Waals surface area contributed by atoms with Crippen molar-refractivity contribution in [2.45, 2.75) is 30.8 Å². The largest absolute Gasteiger partial charge is 0.304 e. The van der Waals surface area contributed by atoms with E-state index in [9.17, 15) is 0 Å². The standard InChI is InChI=1S/C16H20N2S/c1-12(14-7-6-10-17-11-14)18-13(2)15-8-4-5-9-16(15)19-3/h4-13,18H,1-3H3/t12-,13+/m0/s1. The minimum Gasteiger partial charge on any atom is -0.304 e. The number of hydrogen-bond acceptors (Lipinski definition) is 3. The average molecular weight is 272 g/mol. The Morgan fingerprint density at radius 2 is 1.84 bits per heavy atom. The van der Waals surface area contributed by atoms with E-state index < -0.39 is 0 Å². The van der Waals surface area contributed by atoms with Crippen molar-refractivity contribution in [1.82, 2.24) is 10.3 Å². The van der Waals surface area contributed by atoms with Crippen molar-refractivity contribution < 1.29 is 0 Å². The second kappa shape index (κ2) is 6.73. The molecule has 0 unspecified atom stereocenters. The molecule has 2 aromatic rings. The van der Waals surface area contributed by atoms with Gasteiger partial charge in [-0.3, -0.25) is 4.98 Å². The molecule has 0 radical (unpaired) electrons. The van der Waals surface area contributed by atoms with Crippen molar-refractivity contribution in [3.8, 4) is 0 Å². The molecule has 0 fully saturated rings. The maximum absolute atomic E-state index is 4.18. The van der Waals surface area contributed by atoms with Gasteiger partial charge in [0.1, 0.15) is 0 Å². The SMILES string of the molecule is CSc1ccccc1[C@@H](C)N[C@@H](C)c1cccnc1. The third kappa shape index (κ3) is 3.58. The number of pyridine rings is 1. The van der Waals surface area contributed by atoms with Crippen LogP contribution in [0.1, 0.15) is 37.1 Å². The van der Waals surface area contributed by atoms with Crippen LogP contribution in [0.3, 0.4) is 0 Å². The Morgan fingerprint density at radius 3 is 2.53 bits per heavy atom. The molecule has 0 aliphatic rings. The highest BCUT2D eigenvalue weighted by molar-refractivity contribution is 7.98. The van der Waals surface area contributed by atoms with Gasteiger partial charge in [0.15, 0.2) is 0 Å². The molecule has 1 aromatic heterocycles. The normalized spacial score (nSPS) is 14.1. The molecule has 0 aliphatic heterocycles. The minimum atomic E-state index is 0.290. The van der Waals surface area contributed by atoms with Crippen LogP contribution >= 0.6 is 11.8 Å². The van der Waals surface area contributed by atoms with E-state index in [0.29, 0.717) is 12.1 Å². The number of hydrogen-bond donors (Lipinski definition) is 1. The Kier molecular flexibility index (Phi) is 5.00. The van der Waals surface area contributed by atoms with Gasteiger partial charge in [0.25, 0.3) is 0 Å². The summed E-state index contributed by atoms with van der Waals surface area (Å²) in [4.78, 5) is 5.51. The van der Waals surface area contributed by atoms with Gasteiger partial charge in [-0.15, -0.1) is 11.8 Å². The molecule has 0 saturated heterocycles. The summed E-state index contributed by atoms with van der Waals surface area (Å²) in [7, 11) is 0. The lowest BCUT2D eigenvalue weighted by Crippen LogP contribution is -2.23. The van der Waals surface area contributed by atoms with Crippen molar-refractivity contribution in [2.75, 3.05) is 6.26 Å². The van der Waals surface area contributed by atoms with Crippen LogP contribution in [-0.4, -0.2) is 11.2 Å². The van der Waals surface area contributed by atoms with Gasteiger partial charge in [-0.05, 0) is 43.4 Å². The van der Waals surface area contributed by atoms with Crippen molar-refractivity contribution in [3.63, 3.8) is 0 Å². The first-order valence-electron chi connectivity index (χ1n) is 6.51. The summed E-state index contributed by atoms with van der Waals surface area (Å²) < 4.78 is 0. The molecule has 0 bridgehead atoms. The molecule has 3 heteroatoms. The summed E-state index contributed by atoms with van der Waals surface area (Å²) in [5.41, 5.74) is 2.57. The topological polar surface area (TPSA) is 24.9 Å². The van der Waals surface area contributed by atoms with Gasteiger partial charge in [0.2, 0.25) is 0 Å². The minimum absolute atomic E-state index is 0.290. The van der Waals surface area contributed by atoms with Crippen LogP contribution in [0.2, 0.25) is 0 Å². The van der Waals surface area contributed by atoms with Crippen molar-refractivity contribution in [2.24, 2.45) is 0 Å². The first kappa shape index (κ1) is 14.1. The summed E-state index contributed by atoms with van der Waals surface area (Å²) in [5, 5.41) is 3.63. The van der Waals surface area contributed by atoms with E-state index in [1.807, 2.05) is 18.5 Å². The van der Waals surface area contributed by atoms with Crippen molar-refractivity contribution >= 4 is 11.8 Å². The Labute approximate surface area is 119 Å². The van der Waals surface area contributed by atoms with Crippen LogP contribution in [0.5, 0.6) is 0 Å². The molecule has 0 aliphatic carbocycles. The Balaban J connectivity index is 2.11. The Hall–Kier alpha value is -1.32. The third-order valence-corrected chi connectivity index (χ3v) is 4.10. The van der Waals surface area contributed by atoms with E-state index in [4.69, 9.17) is 0 Å². The molecule has 2 rings (SSSR count). The molecular formula is C16H20N2S. The van der Waals surface area contributed by atoms with Crippen molar-refractivity contribution in [3.05, 3.63) is 59.9 Å². The lowest BCUT2D eigenvalue weighted by Gasteiger charge is -2.22. The molecule has 100 valence electrons.